The van der Waals surface area contributed by atoms with E-state index < -0.39 is 6.36 Å². The molecule has 4 rings (SSSR count). The Hall–Kier alpha value is -2.78. The van der Waals surface area contributed by atoms with Gasteiger partial charge in [-0.2, -0.15) is 0 Å². The van der Waals surface area contributed by atoms with E-state index in [1.54, 1.807) is 12.0 Å². The maximum Gasteiger partial charge on any atom is 0.573 e. The van der Waals surface area contributed by atoms with Crippen LogP contribution in [0, 0.1) is 12.8 Å². The lowest BCUT2D eigenvalue weighted by atomic mass is 9.96. The van der Waals surface area contributed by atoms with Crippen LogP contribution in [0.1, 0.15) is 34.3 Å². The number of aryl methyl sites for hydroxylation is 1. The van der Waals surface area contributed by atoms with Crippen LogP contribution in [-0.4, -0.2) is 62.1 Å². The molecular weight excluding hydrogens is 447 g/mol. The fraction of sp³-hybridized carbons (Fsp3) is 0.480. The second-order valence-corrected chi connectivity index (χ2v) is 8.84. The summed E-state index contributed by atoms with van der Waals surface area (Å²) in [7, 11) is 1.71. The number of carbonyl (C=O) groups excluding carboxylic acids is 1. The molecule has 1 amide bonds. The summed E-state index contributed by atoms with van der Waals surface area (Å²) in [5.74, 6) is -0.0446. The maximum atomic E-state index is 12.8. The summed E-state index contributed by atoms with van der Waals surface area (Å²) in [4.78, 5) is 14.6. The van der Waals surface area contributed by atoms with E-state index in [1.165, 1.54) is 41.1 Å². The number of carbonyl (C=O) groups is 1. The first-order valence-corrected chi connectivity index (χ1v) is 11.5. The number of likely N-dealkylation sites (tertiary alicyclic amines) is 1. The van der Waals surface area contributed by atoms with Gasteiger partial charge in [-0.1, -0.05) is 12.1 Å². The average molecular weight is 478 g/mol. The van der Waals surface area contributed by atoms with Crippen LogP contribution < -0.4 is 9.75 Å². The topological polar surface area (TPSA) is 45.2 Å². The molecular formula is C25H30F3N3O3. The second kappa shape index (κ2) is 10.2. The van der Waals surface area contributed by atoms with Gasteiger partial charge >= 0.3 is 6.36 Å². The SMILES string of the molecule is COCCN1c2cccc(C)c2CN1CC1CCN(C(=O)c2ccc(OC(F)(F)F)cc2)CC1. The maximum absolute atomic E-state index is 12.8. The number of hydrogen-bond donors (Lipinski definition) is 0. The normalized spacial score (nSPS) is 17.2. The van der Waals surface area contributed by atoms with E-state index in [0.717, 1.165) is 32.5 Å². The molecule has 9 heteroatoms. The van der Waals surface area contributed by atoms with Crippen LogP contribution in [0.3, 0.4) is 0 Å². The number of halogens is 3. The Morgan fingerprint density at radius 1 is 1.09 bits per heavy atom. The number of piperidine rings is 1. The Bertz CT molecular complexity index is 989. The molecule has 0 N–H and O–H groups in total. The first-order chi connectivity index (χ1) is 16.2. The van der Waals surface area contributed by atoms with Crippen LogP contribution in [0.2, 0.25) is 0 Å². The van der Waals surface area contributed by atoms with E-state index in [4.69, 9.17) is 4.74 Å². The minimum Gasteiger partial charge on any atom is -0.406 e. The second-order valence-electron chi connectivity index (χ2n) is 8.84. The van der Waals surface area contributed by atoms with Crippen molar-refractivity contribution in [1.82, 2.24) is 9.91 Å². The van der Waals surface area contributed by atoms with Gasteiger partial charge in [0.25, 0.3) is 5.91 Å². The lowest BCUT2D eigenvalue weighted by molar-refractivity contribution is -0.274. The van der Waals surface area contributed by atoms with Crippen LogP contribution in [0.4, 0.5) is 18.9 Å². The van der Waals surface area contributed by atoms with Crippen molar-refractivity contribution >= 4 is 11.6 Å². The standard InChI is InChI=1S/C25H30F3N3O3/c1-18-4-3-5-23-22(18)17-30(31(23)14-15-33-2)16-19-10-12-29(13-11-19)24(32)20-6-8-21(9-7-20)34-25(26,27)28/h3-9,19H,10-17H2,1-2H3. The van der Waals surface area contributed by atoms with Crippen molar-refractivity contribution in [2.24, 2.45) is 5.92 Å². The number of hydrazine groups is 1. The predicted molar refractivity (Wildman–Crippen MR) is 123 cm³/mol. The Labute approximate surface area is 197 Å². The van der Waals surface area contributed by atoms with E-state index in [9.17, 15) is 18.0 Å². The molecule has 2 aliphatic rings. The molecule has 0 saturated carbocycles. The number of ether oxygens (including phenoxy) is 2. The first-order valence-electron chi connectivity index (χ1n) is 11.5. The van der Waals surface area contributed by atoms with Gasteiger partial charge in [0.2, 0.25) is 0 Å². The van der Waals surface area contributed by atoms with E-state index in [2.05, 4.69) is 39.9 Å². The third-order valence-electron chi connectivity index (χ3n) is 6.56. The van der Waals surface area contributed by atoms with Crippen molar-refractivity contribution < 1.29 is 27.4 Å². The monoisotopic (exact) mass is 477 g/mol. The Morgan fingerprint density at radius 2 is 1.79 bits per heavy atom. The smallest absolute Gasteiger partial charge is 0.406 e. The third kappa shape index (κ3) is 5.64. The van der Waals surface area contributed by atoms with Crippen LogP contribution in [0.25, 0.3) is 0 Å². The van der Waals surface area contributed by atoms with Crippen LogP contribution in [0.15, 0.2) is 42.5 Å². The molecule has 0 unspecified atom stereocenters. The first kappa shape index (κ1) is 24.3. The number of rotatable bonds is 7. The molecule has 184 valence electrons. The molecule has 6 nitrogen and oxygen atoms in total. The highest BCUT2D eigenvalue weighted by Crippen LogP contribution is 2.35. The van der Waals surface area contributed by atoms with Crippen molar-refractivity contribution in [1.29, 1.82) is 0 Å². The summed E-state index contributed by atoms with van der Waals surface area (Å²) in [5, 5.41) is 4.70. The minimum atomic E-state index is -4.75. The van der Waals surface area contributed by atoms with E-state index in [1.807, 2.05) is 0 Å². The van der Waals surface area contributed by atoms with Gasteiger partial charge in [-0.25, -0.2) is 5.01 Å². The Kier molecular flexibility index (Phi) is 7.33. The summed E-state index contributed by atoms with van der Waals surface area (Å²) in [6.45, 7) is 6.61. The van der Waals surface area contributed by atoms with E-state index >= 15 is 0 Å². The number of alkyl halides is 3. The molecule has 1 saturated heterocycles. The van der Waals surface area contributed by atoms with Crippen LogP contribution in [0.5, 0.6) is 5.75 Å². The molecule has 0 atom stereocenters. The Morgan fingerprint density at radius 3 is 2.44 bits per heavy atom. The van der Waals surface area contributed by atoms with Crippen molar-refractivity contribution in [3.05, 3.63) is 59.2 Å². The summed E-state index contributed by atoms with van der Waals surface area (Å²) < 4.78 is 46.2. The van der Waals surface area contributed by atoms with Crippen molar-refractivity contribution in [2.45, 2.75) is 32.7 Å². The van der Waals surface area contributed by atoms with Gasteiger partial charge < -0.3 is 19.4 Å². The molecule has 2 aromatic rings. The van der Waals surface area contributed by atoms with Crippen molar-refractivity contribution in [3.63, 3.8) is 0 Å². The zero-order valence-electron chi connectivity index (χ0n) is 19.5. The molecule has 0 aromatic heterocycles. The molecule has 0 bridgehead atoms. The number of fused-ring (bicyclic) bond motifs is 1. The molecule has 2 heterocycles. The molecule has 34 heavy (non-hydrogen) atoms. The summed E-state index contributed by atoms with van der Waals surface area (Å²) in [6, 6.07) is 11.5. The van der Waals surface area contributed by atoms with Crippen LogP contribution in [-0.2, 0) is 11.3 Å². The zero-order chi connectivity index (χ0) is 24.3. The molecule has 0 spiro atoms. The number of methoxy groups -OCH3 is 1. The van der Waals surface area contributed by atoms with Gasteiger partial charge in [-0.3, -0.25) is 4.79 Å². The largest absolute Gasteiger partial charge is 0.573 e. The lowest BCUT2D eigenvalue weighted by Gasteiger charge is -2.37. The number of anilines is 1. The van der Waals surface area contributed by atoms with Gasteiger partial charge in [-0.15, -0.1) is 13.2 Å². The number of nitrogens with zero attached hydrogens (tertiary/aromatic N) is 3. The molecule has 0 aliphatic carbocycles. The van der Waals surface area contributed by atoms with Crippen molar-refractivity contribution in [2.75, 3.05) is 44.9 Å². The highest BCUT2D eigenvalue weighted by molar-refractivity contribution is 5.94. The Balaban J connectivity index is 1.33. The minimum absolute atomic E-state index is 0.164. The lowest BCUT2D eigenvalue weighted by Crippen LogP contribution is -2.45. The summed E-state index contributed by atoms with van der Waals surface area (Å²) >= 11 is 0. The fourth-order valence-electron chi connectivity index (χ4n) is 4.76. The highest BCUT2D eigenvalue weighted by atomic mass is 19.4. The highest BCUT2D eigenvalue weighted by Gasteiger charge is 2.33. The quantitative estimate of drug-likeness (QED) is 0.582. The summed E-state index contributed by atoms with van der Waals surface area (Å²) in [5.41, 5.74) is 4.24. The molecule has 1 fully saturated rings. The molecule has 2 aliphatic heterocycles. The van der Waals surface area contributed by atoms with Crippen LogP contribution >= 0.6 is 0 Å². The predicted octanol–water partition coefficient (Wildman–Crippen LogP) is 4.63. The molecule has 2 aromatic carbocycles. The average Bonchev–Trinajstić information content (AvgIpc) is 3.15. The van der Waals surface area contributed by atoms with Gasteiger partial charge in [0.05, 0.1) is 18.8 Å². The van der Waals surface area contributed by atoms with Gasteiger partial charge in [0.1, 0.15) is 5.75 Å². The van der Waals surface area contributed by atoms with Crippen molar-refractivity contribution in [3.8, 4) is 5.75 Å². The number of hydrogen-bond acceptors (Lipinski definition) is 5. The summed E-state index contributed by atoms with van der Waals surface area (Å²) in [6.07, 6.45) is -2.99. The van der Waals surface area contributed by atoms with Gasteiger partial charge in [0, 0.05) is 38.9 Å². The third-order valence-corrected chi connectivity index (χ3v) is 6.56. The van der Waals surface area contributed by atoms with E-state index in [-0.39, 0.29) is 11.7 Å². The molecule has 0 radical (unpaired) electrons. The number of amides is 1. The fourth-order valence-corrected chi connectivity index (χ4v) is 4.76. The van der Waals surface area contributed by atoms with E-state index in [0.29, 0.717) is 31.2 Å². The number of benzene rings is 2. The zero-order valence-corrected chi connectivity index (χ0v) is 19.5. The van der Waals surface area contributed by atoms with Gasteiger partial charge in [0.15, 0.2) is 0 Å². The van der Waals surface area contributed by atoms with Gasteiger partial charge in [-0.05, 0) is 67.1 Å².